The fraction of sp³-hybridized carbons (Fsp3) is 0.500. The topological polar surface area (TPSA) is 87.1 Å². The molecular weight excluding hydrogens is 318 g/mol. The fourth-order valence-electron chi connectivity index (χ4n) is 3.78. The van der Waals surface area contributed by atoms with E-state index in [9.17, 15) is 9.59 Å². The fourth-order valence-corrected chi connectivity index (χ4v) is 3.78. The van der Waals surface area contributed by atoms with Crippen molar-refractivity contribution in [1.82, 2.24) is 10.3 Å². The van der Waals surface area contributed by atoms with Gasteiger partial charge in [0, 0.05) is 11.7 Å². The zero-order valence-corrected chi connectivity index (χ0v) is 13.4. The number of nitrogens with one attached hydrogen (secondary N) is 3. The van der Waals surface area contributed by atoms with Gasteiger partial charge in [-0.05, 0) is 43.4 Å². The highest BCUT2D eigenvalue weighted by Gasteiger charge is 2.38. The summed E-state index contributed by atoms with van der Waals surface area (Å²) < 4.78 is 4.96. The van der Waals surface area contributed by atoms with Gasteiger partial charge in [-0.2, -0.15) is 0 Å². The van der Waals surface area contributed by atoms with Crippen LogP contribution in [0.5, 0.6) is 0 Å². The number of hydrogen-bond acceptors (Lipinski definition) is 4. The molecule has 6 nitrogen and oxygen atoms in total. The van der Waals surface area contributed by atoms with Crippen molar-refractivity contribution in [3.8, 4) is 0 Å². The molecule has 1 aliphatic heterocycles. The first-order valence-electron chi connectivity index (χ1n) is 7.89. The molecule has 4 rings (SSSR count). The zero-order chi connectivity index (χ0) is 15.1. The minimum atomic E-state index is -0.486. The van der Waals surface area contributed by atoms with E-state index in [4.69, 9.17) is 4.42 Å². The van der Waals surface area contributed by atoms with Gasteiger partial charge < -0.3 is 15.1 Å². The van der Waals surface area contributed by atoms with Crippen molar-refractivity contribution in [2.24, 2.45) is 5.92 Å². The van der Waals surface area contributed by atoms with Crippen LogP contribution in [0.25, 0.3) is 11.1 Å². The Labute approximate surface area is 139 Å². The number of aromatic amines is 1. The molecule has 1 saturated carbocycles. The van der Waals surface area contributed by atoms with Crippen molar-refractivity contribution in [2.75, 3.05) is 5.32 Å². The van der Waals surface area contributed by atoms with Crippen LogP contribution in [0.2, 0.25) is 0 Å². The van der Waals surface area contributed by atoms with E-state index >= 15 is 0 Å². The number of rotatable bonds is 2. The molecule has 0 radical (unpaired) electrons. The van der Waals surface area contributed by atoms with E-state index in [1.165, 1.54) is 25.7 Å². The van der Waals surface area contributed by atoms with Crippen molar-refractivity contribution in [3.63, 3.8) is 0 Å². The van der Waals surface area contributed by atoms with E-state index < -0.39 is 5.76 Å². The van der Waals surface area contributed by atoms with Gasteiger partial charge in [0.15, 0.2) is 5.58 Å². The number of amides is 1. The smallest absolute Gasteiger partial charge is 0.408 e. The molecule has 0 spiro atoms. The standard InChI is InChI=1S/C16H19N3O3.ClH/c20-15(13-7-9-3-1-2-4-11(9)18-13)17-10-5-6-14-12(8-10)19-16(21)22-14;/h5-6,8-9,11,13,18H,1-4,7H2,(H,17,20)(H,19,21);1H. The van der Waals surface area contributed by atoms with Crippen molar-refractivity contribution < 1.29 is 9.21 Å². The number of benzene rings is 1. The lowest BCUT2D eigenvalue weighted by atomic mass is 9.85. The number of fused-ring (bicyclic) bond motifs is 2. The van der Waals surface area contributed by atoms with Crippen LogP contribution in [-0.4, -0.2) is 23.0 Å². The first-order valence-corrected chi connectivity index (χ1v) is 7.89. The summed E-state index contributed by atoms with van der Waals surface area (Å²) in [4.78, 5) is 26.2. The molecule has 1 amide bonds. The number of oxazole rings is 1. The van der Waals surface area contributed by atoms with Crippen molar-refractivity contribution in [1.29, 1.82) is 0 Å². The number of anilines is 1. The predicted molar refractivity (Wildman–Crippen MR) is 90.0 cm³/mol. The van der Waals surface area contributed by atoms with E-state index in [0.29, 0.717) is 28.7 Å². The van der Waals surface area contributed by atoms with Crippen LogP contribution in [0.4, 0.5) is 5.69 Å². The first-order chi connectivity index (χ1) is 10.7. The Morgan fingerprint density at radius 3 is 2.91 bits per heavy atom. The van der Waals surface area contributed by atoms with Crippen LogP contribution in [0.3, 0.4) is 0 Å². The van der Waals surface area contributed by atoms with Gasteiger partial charge in [-0.25, -0.2) is 4.79 Å². The molecule has 7 heteroatoms. The maximum atomic E-state index is 12.4. The number of H-pyrrole nitrogens is 1. The summed E-state index contributed by atoms with van der Waals surface area (Å²) in [5, 5.41) is 6.40. The lowest BCUT2D eigenvalue weighted by molar-refractivity contribution is -0.117. The summed E-state index contributed by atoms with van der Waals surface area (Å²) in [5.41, 5.74) is 1.76. The molecule has 2 fully saturated rings. The van der Waals surface area contributed by atoms with Gasteiger partial charge in [0.25, 0.3) is 0 Å². The van der Waals surface area contributed by atoms with Crippen molar-refractivity contribution >= 4 is 35.1 Å². The number of aromatic nitrogens is 1. The van der Waals surface area contributed by atoms with Crippen LogP contribution in [0.15, 0.2) is 27.4 Å². The largest absolute Gasteiger partial charge is 0.417 e. The third-order valence-electron chi connectivity index (χ3n) is 4.87. The minimum Gasteiger partial charge on any atom is -0.408 e. The summed E-state index contributed by atoms with van der Waals surface area (Å²) in [5.74, 6) is 0.150. The van der Waals surface area contributed by atoms with Gasteiger partial charge in [0.1, 0.15) is 0 Å². The molecule has 2 aliphatic rings. The number of hydrogen-bond donors (Lipinski definition) is 3. The van der Waals surface area contributed by atoms with Crippen LogP contribution in [0, 0.1) is 5.92 Å². The number of halogens is 1. The maximum absolute atomic E-state index is 12.4. The van der Waals surface area contributed by atoms with Gasteiger partial charge in [0.2, 0.25) is 5.91 Å². The van der Waals surface area contributed by atoms with E-state index in [1.807, 2.05) is 0 Å². The molecule has 1 saturated heterocycles. The third-order valence-corrected chi connectivity index (χ3v) is 4.87. The average Bonchev–Trinajstić information content (AvgIpc) is 3.08. The highest BCUT2D eigenvalue weighted by atomic mass is 35.5. The van der Waals surface area contributed by atoms with Gasteiger partial charge in [-0.15, -0.1) is 12.4 Å². The molecule has 2 aromatic rings. The van der Waals surface area contributed by atoms with Crippen molar-refractivity contribution in [2.45, 2.75) is 44.2 Å². The van der Waals surface area contributed by atoms with E-state index in [2.05, 4.69) is 15.6 Å². The average molecular weight is 338 g/mol. The number of carbonyl (C=O) groups excluding carboxylic acids is 1. The maximum Gasteiger partial charge on any atom is 0.417 e. The highest BCUT2D eigenvalue weighted by Crippen LogP contribution is 2.33. The third kappa shape index (κ3) is 3.14. The molecule has 1 aromatic heterocycles. The second-order valence-corrected chi connectivity index (χ2v) is 6.32. The summed E-state index contributed by atoms with van der Waals surface area (Å²) in [6, 6.07) is 5.54. The molecule has 3 atom stereocenters. The van der Waals surface area contributed by atoms with E-state index in [0.717, 1.165) is 6.42 Å². The SMILES string of the molecule is Cl.O=C(Nc1ccc2oc(=O)[nH]c2c1)C1CC2CCCCC2N1. The molecule has 3 unspecified atom stereocenters. The molecule has 1 aromatic carbocycles. The molecule has 3 N–H and O–H groups in total. The quantitative estimate of drug-likeness (QED) is 0.785. The summed E-state index contributed by atoms with van der Waals surface area (Å²) in [7, 11) is 0. The Hall–Kier alpha value is -1.79. The Morgan fingerprint density at radius 2 is 2.09 bits per heavy atom. The van der Waals surface area contributed by atoms with Gasteiger partial charge >= 0.3 is 5.76 Å². The molecule has 23 heavy (non-hydrogen) atoms. The first kappa shape index (κ1) is 16.1. The number of carbonyl (C=O) groups is 1. The summed E-state index contributed by atoms with van der Waals surface area (Å²) in [6.07, 6.45) is 5.86. The van der Waals surface area contributed by atoms with Gasteiger partial charge in [-0.1, -0.05) is 12.8 Å². The van der Waals surface area contributed by atoms with Crippen molar-refractivity contribution in [3.05, 3.63) is 28.7 Å². The lowest BCUT2D eigenvalue weighted by Crippen LogP contribution is -2.39. The Bertz CT molecular complexity index is 755. The minimum absolute atomic E-state index is 0. The summed E-state index contributed by atoms with van der Waals surface area (Å²) in [6.45, 7) is 0. The van der Waals surface area contributed by atoms with Crippen LogP contribution < -0.4 is 16.4 Å². The van der Waals surface area contributed by atoms with Crippen LogP contribution >= 0.6 is 12.4 Å². The highest BCUT2D eigenvalue weighted by molar-refractivity contribution is 5.96. The molecular formula is C16H20ClN3O3. The normalized spacial score (nSPS) is 26.5. The molecule has 1 aliphatic carbocycles. The van der Waals surface area contributed by atoms with E-state index in [-0.39, 0.29) is 24.4 Å². The summed E-state index contributed by atoms with van der Waals surface area (Å²) >= 11 is 0. The molecule has 124 valence electrons. The molecule has 2 heterocycles. The second kappa shape index (κ2) is 6.37. The Kier molecular flexibility index (Phi) is 4.46. The van der Waals surface area contributed by atoms with Gasteiger partial charge in [-0.3, -0.25) is 9.78 Å². The Balaban J connectivity index is 0.00000156. The Morgan fingerprint density at radius 1 is 1.26 bits per heavy atom. The van der Waals surface area contributed by atoms with Gasteiger partial charge in [0.05, 0.1) is 11.6 Å². The van der Waals surface area contributed by atoms with Crippen LogP contribution in [0.1, 0.15) is 32.1 Å². The second-order valence-electron chi connectivity index (χ2n) is 6.32. The monoisotopic (exact) mass is 337 g/mol. The van der Waals surface area contributed by atoms with Crippen LogP contribution in [-0.2, 0) is 4.79 Å². The molecule has 0 bridgehead atoms. The zero-order valence-electron chi connectivity index (χ0n) is 12.6. The lowest BCUT2D eigenvalue weighted by Gasteiger charge is -2.24. The predicted octanol–water partition coefficient (Wildman–Crippen LogP) is 2.40. The van der Waals surface area contributed by atoms with E-state index in [1.54, 1.807) is 18.2 Å².